The number of Topliss-reactive ketones (excluding diaryl/α,β-unsaturated/α-hetero) is 1. The van der Waals surface area contributed by atoms with E-state index >= 15 is 0 Å². The first-order valence-electron chi connectivity index (χ1n) is 10.8. The number of fused-ring (bicyclic) bond motifs is 1. The van der Waals surface area contributed by atoms with Crippen molar-refractivity contribution < 1.29 is 4.79 Å². The van der Waals surface area contributed by atoms with Crippen LogP contribution in [0.3, 0.4) is 0 Å². The highest BCUT2D eigenvalue weighted by molar-refractivity contribution is 6.34. The van der Waals surface area contributed by atoms with Crippen LogP contribution in [-0.4, -0.2) is 68.6 Å². The largest absolute Gasteiger partial charge is 0.354 e. The fraction of sp³-hybridized carbons (Fsp3) is 0.292. The molecule has 0 unspecified atom stereocenters. The Morgan fingerprint density at radius 1 is 1.03 bits per heavy atom. The molecule has 9 heteroatoms. The molecule has 0 bridgehead atoms. The molecule has 4 aromatic rings. The number of hydrogen-bond donors (Lipinski definition) is 0. The van der Waals surface area contributed by atoms with Crippen LogP contribution < -0.4 is 4.90 Å². The maximum Gasteiger partial charge on any atom is 0.170 e. The molecule has 1 aliphatic rings. The molecule has 0 spiro atoms. The Balaban J connectivity index is 1.39. The number of nitrogens with zero attached hydrogens (tertiary/aromatic N) is 7. The Morgan fingerprint density at radius 2 is 1.85 bits per heavy atom. The van der Waals surface area contributed by atoms with E-state index in [1.165, 1.54) is 0 Å². The average molecular weight is 462 g/mol. The number of anilines is 1. The Bertz CT molecular complexity index is 1330. The van der Waals surface area contributed by atoms with Gasteiger partial charge in [-0.3, -0.25) is 14.5 Å². The van der Waals surface area contributed by atoms with Crippen LogP contribution in [0.2, 0.25) is 5.02 Å². The molecule has 0 atom stereocenters. The van der Waals surface area contributed by atoms with Crippen LogP contribution in [-0.2, 0) is 13.5 Å². The highest BCUT2D eigenvalue weighted by Crippen LogP contribution is 2.24. The van der Waals surface area contributed by atoms with E-state index in [-0.39, 0.29) is 12.2 Å². The van der Waals surface area contributed by atoms with Crippen LogP contribution in [0.15, 0.2) is 49.1 Å². The Labute approximate surface area is 196 Å². The van der Waals surface area contributed by atoms with Crippen molar-refractivity contribution in [3.63, 3.8) is 0 Å². The third-order valence-electron chi connectivity index (χ3n) is 5.94. The van der Waals surface area contributed by atoms with Crippen LogP contribution in [0, 0.1) is 0 Å². The summed E-state index contributed by atoms with van der Waals surface area (Å²) in [6.07, 6.45) is 7.16. The van der Waals surface area contributed by atoms with Gasteiger partial charge in [-0.15, -0.1) is 0 Å². The molecule has 0 N–H and O–H groups in total. The molecule has 8 nitrogen and oxygen atoms in total. The number of pyridine rings is 3. The van der Waals surface area contributed by atoms with Crippen LogP contribution in [0.25, 0.3) is 22.2 Å². The second-order valence-electron chi connectivity index (χ2n) is 8.38. The summed E-state index contributed by atoms with van der Waals surface area (Å²) in [7, 11) is 3.98. The number of piperazine rings is 1. The molecule has 4 aromatic heterocycles. The highest BCUT2D eigenvalue weighted by atomic mass is 35.5. The van der Waals surface area contributed by atoms with Crippen molar-refractivity contribution >= 4 is 34.1 Å². The molecule has 0 aliphatic carbocycles. The van der Waals surface area contributed by atoms with Gasteiger partial charge in [-0.2, -0.15) is 5.10 Å². The van der Waals surface area contributed by atoms with Crippen molar-refractivity contribution in [1.82, 2.24) is 29.6 Å². The summed E-state index contributed by atoms with van der Waals surface area (Å²) in [4.78, 5) is 31.3. The highest BCUT2D eigenvalue weighted by Gasteiger charge is 2.19. The number of ketones is 1. The molecule has 0 saturated carbocycles. The molecule has 1 fully saturated rings. The predicted octanol–water partition coefficient (Wildman–Crippen LogP) is 3.26. The van der Waals surface area contributed by atoms with E-state index < -0.39 is 0 Å². The lowest BCUT2D eigenvalue weighted by molar-refractivity contribution is 0.0992. The van der Waals surface area contributed by atoms with Crippen LogP contribution in [0.1, 0.15) is 16.1 Å². The molecular formula is C24H24ClN7O. The molecule has 5 heterocycles. The zero-order valence-electron chi connectivity index (χ0n) is 18.6. The number of hydrogen-bond acceptors (Lipinski definition) is 7. The smallest absolute Gasteiger partial charge is 0.170 e. The number of carbonyl (C=O) groups is 1. The van der Waals surface area contributed by atoms with E-state index in [2.05, 4.69) is 31.9 Å². The molecular weight excluding hydrogens is 438 g/mol. The SMILES string of the molecule is CN1CCN(c2cc(C(=O)Cc3cc4nc(-c5cnn(C)c5)ccc4cn3)c(Cl)cn2)CC1. The van der Waals surface area contributed by atoms with Gasteiger partial charge < -0.3 is 9.80 Å². The van der Waals surface area contributed by atoms with E-state index in [9.17, 15) is 4.79 Å². The summed E-state index contributed by atoms with van der Waals surface area (Å²) in [5, 5.41) is 5.48. The summed E-state index contributed by atoms with van der Waals surface area (Å²) < 4.78 is 1.74. The second-order valence-corrected chi connectivity index (χ2v) is 8.79. The number of aryl methyl sites for hydroxylation is 1. The third kappa shape index (κ3) is 4.58. The van der Waals surface area contributed by atoms with E-state index in [4.69, 9.17) is 16.6 Å². The minimum absolute atomic E-state index is 0.0898. The quantitative estimate of drug-likeness (QED) is 0.422. The van der Waals surface area contributed by atoms with Crippen molar-refractivity contribution in [3.05, 3.63) is 65.3 Å². The molecule has 33 heavy (non-hydrogen) atoms. The molecule has 1 saturated heterocycles. The summed E-state index contributed by atoms with van der Waals surface area (Å²) in [6, 6.07) is 7.59. The lowest BCUT2D eigenvalue weighted by Crippen LogP contribution is -2.44. The number of likely N-dealkylation sites (N-methyl/N-ethyl adjacent to an activating group) is 1. The molecule has 0 aromatic carbocycles. The van der Waals surface area contributed by atoms with E-state index in [1.54, 1.807) is 29.3 Å². The first kappa shape index (κ1) is 21.5. The average Bonchev–Trinajstić information content (AvgIpc) is 3.26. The summed E-state index contributed by atoms with van der Waals surface area (Å²) in [5.41, 5.74) is 3.67. The Kier molecular flexibility index (Phi) is 5.78. The minimum atomic E-state index is -0.0898. The number of carbonyl (C=O) groups excluding carboxylic acids is 1. The standard InChI is InChI=1S/C24H24ClN7O/c1-30-5-7-32(8-6-30)24-11-19(20(25)14-27-24)23(33)10-18-9-22-16(12-26-18)3-4-21(29-22)17-13-28-31(2)15-17/h3-4,9,11-15H,5-8,10H2,1-2H3. The van der Waals surface area contributed by atoms with Crippen molar-refractivity contribution in [2.45, 2.75) is 6.42 Å². The number of rotatable bonds is 5. The summed E-state index contributed by atoms with van der Waals surface area (Å²) in [5.74, 6) is 0.693. The van der Waals surface area contributed by atoms with Gasteiger partial charge in [0.1, 0.15) is 5.82 Å². The second kappa shape index (κ2) is 8.88. The molecule has 1 aliphatic heterocycles. The maximum absolute atomic E-state index is 13.1. The first-order chi connectivity index (χ1) is 16.0. The topological polar surface area (TPSA) is 80.0 Å². The molecule has 0 amide bonds. The van der Waals surface area contributed by atoms with E-state index in [1.807, 2.05) is 31.4 Å². The van der Waals surface area contributed by atoms with Crippen LogP contribution in [0.4, 0.5) is 5.82 Å². The Hall–Kier alpha value is -3.36. The normalized spacial score (nSPS) is 14.7. The van der Waals surface area contributed by atoms with Crippen molar-refractivity contribution in [1.29, 1.82) is 0 Å². The van der Waals surface area contributed by atoms with Gasteiger partial charge in [-0.25, -0.2) is 9.97 Å². The van der Waals surface area contributed by atoms with Crippen LogP contribution in [0.5, 0.6) is 0 Å². The summed E-state index contributed by atoms with van der Waals surface area (Å²) >= 11 is 6.35. The number of aromatic nitrogens is 5. The zero-order valence-corrected chi connectivity index (χ0v) is 19.3. The van der Waals surface area contributed by atoms with Crippen molar-refractivity contribution in [2.75, 3.05) is 38.1 Å². The maximum atomic E-state index is 13.1. The van der Waals surface area contributed by atoms with Gasteiger partial charge in [-0.05, 0) is 31.3 Å². The lowest BCUT2D eigenvalue weighted by Gasteiger charge is -2.33. The van der Waals surface area contributed by atoms with Gasteiger partial charge in [-0.1, -0.05) is 11.6 Å². The van der Waals surface area contributed by atoms with Gasteiger partial charge >= 0.3 is 0 Å². The third-order valence-corrected chi connectivity index (χ3v) is 6.24. The Morgan fingerprint density at radius 3 is 2.61 bits per heavy atom. The van der Waals surface area contributed by atoms with Crippen molar-refractivity contribution in [2.24, 2.45) is 7.05 Å². The fourth-order valence-electron chi connectivity index (χ4n) is 3.98. The van der Waals surface area contributed by atoms with Gasteiger partial charge in [0.25, 0.3) is 0 Å². The fourth-order valence-corrected chi connectivity index (χ4v) is 4.19. The van der Waals surface area contributed by atoms with Crippen LogP contribution >= 0.6 is 11.6 Å². The number of halogens is 1. The van der Waals surface area contributed by atoms with Gasteiger partial charge in [0.05, 0.1) is 34.5 Å². The molecule has 168 valence electrons. The monoisotopic (exact) mass is 461 g/mol. The first-order valence-corrected chi connectivity index (χ1v) is 11.2. The van der Waals surface area contributed by atoms with Crippen molar-refractivity contribution in [3.8, 4) is 11.3 Å². The lowest BCUT2D eigenvalue weighted by atomic mass is 10.1. The minimum Gasteiger partial charge on any atom is -0.354 e. The van der Waals surface area contributed by atoms with Gasteiger partial charge in [0.2, 0.25) is 0 Å². The predicted molar refractivity (Wildman–Crippen MR) is 129 cm³/mol. The molecule has 0 radical (unpaired) electrons. The van der Waals surface area contributed by atoms with E-state index in [0.29, 0.717) is 16.3 Å². The van der Waals surface area contributed by atoms with Gasteiger partial charge in [0, 0.05) is 68.3 Å². The summed E-state index contributed by atoms with van der Waals surface area (Å²) in [6.45, 7) is 3.66. The van der Waals surface area contributed by atoms with E-state index in [0.717, 1.165) is 54.2 Å². The van der Waals surface area contributed by atoms with Gasteiger partial charge in [0.15, 0.2) is 5.78 Å². The zero-order chi connectivity index (χ0) is 22.9. The molecule has 5 rings (SSSR count).